The van der Waals surface area contributed by atoms with Gasteiger partial charge in [0, 0.05) is 45.5 Å². The van der Waals surface area contributed by atoms with Crippen LogP contribution in [0.3, 0.4) is 0 Å². The number of hydrogen-bond donors (Lipinski definition) is 1. The Hall–Kier alpha value is -2.52. The second-order valence-corrected chi connectivity index (χ2v) is 9.39. The van der Waals surface area contributed by atoms with Crippen molar-refractivity contribution < 1.29 is 29.0 Å². The third-order valence-electron chi connectivity index (χ3n) is 6.33. The molecule has 0 saturated carbocycles. The van der Waals surface area contributed by atoms with E-state index in [1.807, 2.05) is 20.8 Å². The van der Waals surface area contributed by atoms with Crippen LogP contribution in [0.15, 0.2) is 12.1 Å². The van der Waals surface area contributed by atoms with Crippen LogP contribution < -0.4 is 9.64 Å². The molecule has 3 amide bonds. The van der Waals surface area contributed by atoms with Crippen LogP contribution in [0.5, 0.6) is 5.75 Å². The van der Waals surface area contributed by atoms with E-state index in [4.69, 9.17) is 21.1 Å². The summed E-state index contributed by atoms with van der Waals surface area (Å²) in [6, 6.07) is 2.80. The van der Waals surface area contributed by atoms with Gasteiger partial charge >= 0.3 is 6.09 Å². The van der Waals surface area contributed by atoms with E-state index in [-0.39, 0.29) is 41.0 Å². The molecule has 10 heteroatoms. The number of halogens is 1. The maximum absolute atomic E-state index is 13.7. The zero-order chi connectivity index (χ0) is 25.0. The summed E-state index contributed by atoms with van der Waals surface area (Å²) in [5, 5.41) is 9.67. The highest BCUT2D eigenvalue weighted by Crippen LogP contribution is 2.40. The Labute approximate surface area is 205 Å². The van der Waals surface area contributed by atoms with Crippen molar-refractivity contribution in [1.29, 1.82) is 0 Å². The second-order valence-electron chi connectivity index (χ2n) is 8.98. The van der Waals surface area contributed by atoms with Gasteiger partial charge in [-0.25, -0.2) is 4.79 Å². The molecule has 0 radical (unpaired) electrons. The van der Waals surface area contributed by atoms with Crippen molar-refractivity contribution in [3.63, 3.8) is 0 Å². The summed E-state index contributed by atoms with van der Waals surface area (Å²) in [5.74, 6) is 0.0232. The molecule has 0 aliphatic carbocycles. The monoisotopic (exact) mass is 495 g/mol. The Kier molecular flexibility index (Phi) is 8.65. The van der Waals surface area contributed by atoms with Crippen LogP contribution in [0.1, 0.15) is 56.8 Å². The minimum atomic E-state index is -0.986. The fourth-order valence-corrected chi connectivity index (χ4v) is 4.92. The average molecular weight is 496 g/mol. The van der Waals surface area contributed by atoms with Crippen molar-refractivity contribution in [2.45, 2.75) is 64.6 Å². The predicted octanol–water partition coefficient (Wildman–Crippen LogP) is 3.87. The molecule has 1 aromatic carbocycles. The summed E-state index contributed by atoms with van der Waals surface area (Å²) in [6.45, 7) is 7.33. The van der Waals surface area contributed by atoms with E-state index in [1.165, 1.54) is 4.90 Å². The van der Waals surface area contributed by atoms with Gasteiger partial charge in [0.25, 0.3) is 11.8 Å². The molecule has 0 aromatic heterocycles. The van der Waals surface area contributed by atoms with Gasteiger partial charge in [-0.05, 0) is 45.6 Å². The average Bonchev–Trinajstić information content (AvgIpc) is 2.80. The lowest BCUT2D eigenvalue weighted by Crippen LogP contribution is -2.53. The van der Waals surface area contributed by atoms with Crippen LogP contribution in [0.4, 0.5) is 10.5 Å². The van der Waals surface area contributed by atoms with Crippen LogP contribution in [-0.4, -0.2) is 84.4 Å². The third-order valence-corrected chi connectivity index (χ3v) is 6.65. The SMILES string of the molecule is CCC1Oc2cc(Cl)c(C(=O)N(C(C)C)[C@@H]3CCCN(C(=O)O)C3)cc2N(CCCOC)C1=O. The van der Waals surface area contributed by atoms with Crippen LogP contribution in [0.25, 0.3) is 0 Å². The molecule has 9 nitrogen and oxygen atoms in total. The Balaban J connectivity index is 1.96. The number of carboxylic acid groups (broad SMARTS) is 1. The van der Waals surface area contributed by atoms with Crippen LogP contribution >= 0.6 is 11.6 Å². The molecule has 0 spiro atoms. The molecule has 34 heavy (non-hydrogen) atoms. The number of amides is 3. The number of benzene rings is 1. The quantitative estimate of drug-likeness (QED) is 0.549. The lowest BCUT2D eigenvalue weighted by Gasteiger charge is -2.41. The van der Waals surface area contributed by atoms with Crippen molar-refractivity contribution in [3.8, 4) is 5.75 Å². The van der Waals surface area contributed by atoms with Crippen LogP contribution in [0.2, 0.25) is 5.02 Å². The topological polar surface area (TPSA) is 99.6 Å². The van der Waals surface area contributed by atoms with E-state index in [9.17, 15) is 19.5 Å². The van der Waals surface area contributed by atoms with Gasteiger partial charge in [0.2, 0.25) is 0 Å². The number of hydrogen-bond acceptors (Lipinski definition) is 5. The molecule has 1 aromatic rings. The Morgan fingerprint density at radius 2 is 2.09 bits per heavy atom. The maximum atomic E-state index is 13.7. The summed E-state index contributed by atoms with van der Waals surface area (Å²) in [5.41, 5.74) is 0.780. The van der Waals surface area contributed by atoms with Gasteiger partial charge in [-0.1, -0.05) is 18.5 Å². The molecule has 1 unspecified atom stereocenters. The highest BCUT2D eigenvalue weighted by molar-refractivity contribution is 6.34. The van der Waals surface area contributed by atoms with Crippen molar-refractivity contribution in [2.24, 2.45) is 0 Å². The molecule has 1 N–H and O–H groups in total. The molecule has 2 aliphatic heterocycles. The first-order valence-corrected chi connectivity index (χ1v) is 12.2. The zero-order valence-corrected chi connectivity index (χ0v) is 21.0. The molecule has 188 valence electrons. The third kappa shape index (κ3) is 5.41. The Morgan fingerprint density at radius 3 is 2.71 bits per heavy atom. The Bertz CT molecular complexity index is 924. The molecule has 2 atom stereocenters. The summed E-state index contributed by atoms with van der Waals surface area (Å²) in [6.07, 6.45) is 0.943. The lowest BCUT2D eigenvalue weighted by atomic mass is 10.0. The number of fused-ring (bicyclic) bond motifs is 1. The number of ether oxygens (including phenoxy) is 2. The fourth-order valence-electron chi connectivity index (χ4n) is 4.68. The van der Waals surface area contributed by atoms with Crippen molar-refractivity contribution in [3.05, 3.63) is 22.7 Å². The minimum absolute atomic E-state index is 0.156. The minimum Gasteiger partial charge on any atom is -0.478 e. The predicted molar refractivity (Wildman–Crippen MR) is 129 cm³/mol. The second kappa shape index (κ2) is 11.3. The van der Waals surface area contributed by atoms with E-state index < -0.39 is 12.2 Å². The number of methoxy groups -OCH3 is 1. The van der Waals surface area contributed by atoms with Crippen molar-refractivity contribution in [1.82, 2.24) is 9.80 Å². The lowest BCUT2D eigenvalue weighted by molar-refractivity contribution is -0.126. The summed E-state index contributed by atoms with van der Waals surface area (Å²) in [4.78, 5) is 43.0. The first-order chi connectivity index (χ1) is 16.2. The number of rotatable bonds is 8. The van der Waals surface area contributed by atoms with Gasteiger partial charge in [0.1, 0.15) is 5.75 Å². The van der Waals surface area contributed by atoms with Crippen molar-refractivity contribution >= 4 is 35.2 Å². The number of piperidine rings is 1. The molecule has 2 aliphatic rings. The number of nitrogens with zero attached hydrogens (tertiary/aromatic N) is 3. The summed E-state index contributed by atoms with van der Waals surface area (Å²) in [7, 11) is 1.61. The number of anilines is 1. The molecule has 3 rings (SSSR count). The van der Waals surface area contributed by atoms with Crippen LogP contribution in [0, 0.1) is 0 Å². The van der Waals surface area contributed by atoms with Gasteiger partial charge in [0.15, 0.2) is 6.10 Å². The normalized spacial score (nSPS) is 20.2. The van der Waals surface area contributed by atoms with Gasteiger partial charge in [-0.15, -0.1) is 0 Å². The summed E-state index contributed by atoms with van der Waals surface area (Å²) < 4.78 is 11.1. The van der Waals surface area contributed by atoms with E-state index in [1.54, 1.807) is 29.0 Å². The molecular weight excluding hydrogens is 462 g/mol. The highest BCUT2D eigenvalue weighted by Gasteiger charge is 2.37. The maximum Gasteiger partial charge on any atom is 0.407 e. The standard InChI is InChI=1S/C24H34ClN3O6/c1-5-20-23(30)27(10-7-11-33-4)19-12-17(18(25)13-21(19)34-20)22(29)28(15(2)3)16-8-6-9-26(14-16)24(31)32/h12-13,15-16,20H,5-11,14H2,1-4H3,(H,31,32)/t16-,20?/m1/s1. The van der Waals surface area contributed by atoms with E-state index >= 15 is 0 Å². The van der Waals surface area contributed by atoms with E-state index in [0.717, 1.165) is 0 Å². The summed E-state index contributed by atoms with van der Waals surface area (Å²) >= 11 is 6.57. The zero-order valence-electron chi connectivity index (χ0n) is 20.3. The largest absolute Gasteiger partial charge is 0.478 e. The number of carbonyl (C=O) groups excluding carboxylic acids is 2. The Morgan fingerprint density at radius 1 is 1.35 bits per heavy atom. The first kappa shape index (κ1) is 26.1. The van der Waals surface area contributed by atoms with Gasteiger partial charge in [-0.3, -0.25) is 9.59 Å². The van der Waals surface area contributed by atoms with E-state index in [0.29, 0.717) is 56.8 Å². The van der Waals surface area contributed by atoms with Crippen LogP contribution in [-0.2, 0) is 9.53 Å². The number of carbonyl (C=O) groups is 3. The molecule has 0 bridgehead atoms. The fraction of sp³-hybridized carbons (Fsp3) is 0.625. The van der Waals surface area contributed by atoms with Gasteiger partial charge in [-0.2, -0.15) is 0 Å². The smallest absolute Gasteiger partial charge is 0.407 e. The molecule has 1 fully saturated rings. The molecule has 1 saturated heterocycles. The molecule has 2 heterocycles. The van der Waals surface area contributed by atoms with Gasteiger partial charge < -0.3 is 29.3 Å². The molecular formula is C24H34ClN3O6. The van der Waals surface area contributed by atoms with Gasteiger partial charge in [0.05, 0.1) is 22.3 Å². The highest BCUT2D eigenvalue weighted by atomic mass is 35.5. The van der Waals surface area contributed by atoms with Crippen molar-refractivity contribution in [2.75, 3.05) is 38.3 Å². The number of likely N-dealkylation sites (tertiary alicyclic amines) is 1. The van der Waals surface area contributed by atoms with E-state index in [2.05, 4.69) is 0 Å². The first-order valence-electron chi connectivity index (χ1n) is 11.8.